The summed E-state index contributed by atoms with van der Waals surface area (Å²) in [4.78, 5) is 20.7. The Morgan fingerprint density at radius 3 is 2.89 bits per heavy atom. The van der Waals surface area contributed by atoms with Crippen molar-refractivity contribution in [3.8, 4) is 17.0 Å². The molecule has 1 aliphatic carbocycles. The van der Waals surface area contributed by atoms with Gasteiger partial charge in [0.15, 0.2) is 0 Å². The Bertz CT molecular complexity index is 1060. The molecule has 1 aliphatic heterocycles. The van der Waals surface area contributed by atoms with Crippen molar-refractivity contribution in [3.63, 3.8) is 0 Å². The second-order valence-electron chi connectivity index (χ2n) is 7.76. The van der Waals surface area contributed by atoms with Gasteiger partial charge < -0.3 is 20.4 Å². The Labute approximate surface area is 162 Å². The molecule has 7 nitrogen and oxygen atoms in total. The van der Waals surface area contributed by atoms with E-state index in [1.807, 2.05) is 37.5 Å². The van der Waals surface area contributed by atoms with Crippen molar-refractivity contribution in [1.29, 1.82) is 0 Å². The number of anilines is 1. The summed E-state index contributed by atoms with van der Waals surface area (Å²) in [5.74, 6) is 1.51. The van der Waals surface area contributed by atoms with E-state index in [4.69, 9.17) is 10.5 Å². The summed E-state index contributed by atoms with van der Waals surface area (Å²) < 4.78 is 8.63. The summed E-state index contributed by atoms with van der Waals surface area (Å²) >= 11 is 0. The molecule has 3 N–H and O–H groups in total. The first-order chi connectivity index (χ1) is 13.6. The van der Waals surface area contributed by atoms with Crippen LogP contribution in [0.3, 0.4) is 0 Å². The van der Waals surface area contributed by atoms with Crippen molar-refractivity contribution in [3.05, 3.63) is 36.7 Å². The number of nitrogens with two attached hydrogens (primary N) is 1. The lowest BCUT2D eigenvalue weighted by molar-refractivity contribution is -0.119. The normalized spacial score (nSPS) is 20.3. The number of hydrogen-bond acceptors (Lipinski definition) is 5. The van der Waals surface area contributed by atoms with Crippen molar-refractivity contribution in [2.45, 2.75) is 38.3 Å². The fraction of sp³-hybridized carbons (Fsp3) is 0.381. The van der Waals surface area contributed by atoms with Crippen LogP contribution >= 0.6 is 0 Å². The van der Waals surface area contributed by atoms with Crippen LogP contribution < -0.4 is 15.8 Å². The molecule has 2 atom stereocenters. The number of aromatic nitrogens is 3. The maximum absolute atomic E-state index is 11.6. The number of carbonyl (C=O) groups excluding carboxylic acids is 1. The molecule has 1 unspecified atom stereocenters. The number of nitrogens with one attached hydrogen (secondary N) is 1. The van der Waals surface area contributed by atoms with Gasteiger partial charge in [0, 0.05) is 30.5 Å². The number of imidazole rings is 1. The van der Waals surface area contributed by atoms with E-state index >= 15 is 0 Å². The topological polar surface area (TPSA) is 95.1 Å². The first kappa shape index (κ1) is 17.0. The van der Waals surface area contributed by atoms with E-state index < -0.39 is 0 Å². The lowest BCUT2D eigenvalue weighted by Crippen LogP contribution is -2.25. The third kappa shape index (κ3) is 3.06. The summed E-state index contributed by atoms with van der Waals surface area (Å²) in [5, 5.41) is 2.89. The fourth-order valence-corrected chi connectivity index (χ4v) is 3.87. The molecule has 0 bridgehead atoms. The van der Waals surface area contributed by atoms with E-state index in [1.54, 1.807) is 6.07 Å². The van der Waals surface area contributed by atoms with Gasteiger partial charge in [0.05, 0.1) is 17.5 Å². The number of amides is 1. The molecule has 5 rings (SSSR count). The average molecular weight is 377 g/mol. The van der Waals surface area contributed by atoms with Gasteiger partial charge in [-0.05, 0) is 44.0 Å². The highest BCUT2D eigenvalue weighted by atomic mass is 16.5. The Hall–Kier alpha value is -3.09. The number of hydrogen-bond donors (Lipinski definition) is 2. The molecule has 3 heterocycles. The SMILES string of the molecule is CC(Oc1cc(-c2cccc(N)n2)cc2ncn(C3CC3)c12)[C@H]1CNC(=O)C1. The molecular weight excluding hydrogens is 354 g/mol. The van der Waals surface area contributed by atoms with E-state index in [-0.39, 0.29) is 17.9 Å². The van der Waals surface area contributed by atoms with Crippen molar-refractivity contribution < 1.29 is 9.53 Å². The molecule has 28 heavy (non-hydrogen) atoms. The predicted molar refractivity (Wildman–Crippen MR) is 107 cm³/mol. The van der Waals surface area contributed by atoms with E-state index in [2.05, 4.69) is 19.9 Å². The van der Waals surface area contributed by atoms with Gasteiger partial charge in [-0.1, -0.05) is 6.07 Å². The Morgan fingerprint density at radius 2 is 2.18 bits per heavy atom. The highest BCUT2D eigenvalue weighted by Gasteiger charge is 2.30. The molecule has 2 aliphatic rings. The zero-order valence-electron chi connectivity index (χ0n) is 15.8. The molecule has 7 heteroatoms. The van der Waals surface area contributed by atoms with Crippen molar-refractivity contribution in [2.24, 2.45) is 5.92 Å². The second kappa shape index (κ2) is 6.51. The second-order valence-corrected chi connectivity index (χ2v) is 7.76. The molecule has 2 aromatic heterocycles. The van der Waals surface area contributed by atoms with Gasteiger partial charge in [0.2, 0.25) is 5.91 Å². The maximum Gasteiger partial charge on any atom is 0.220 e. The van der Waals surface area contributed by atoms with Gasteiger partial charge in [0.1, 0.15) is 23.2 Å². The van der Waals surface area contributed by atoms with Gasteiger partial charge in [-0.25, -0.2) is 9.97 Å². The van der Waals surface area contributed by atoms with Crippen LogP contribution in [-0.2, 0) is 4.79 Å². The number of fused-ring (bicyclic) bond motifs is 1. The zero-order valence-corrected chi connectivity index (χ0v) is 15.8. The number of carbonyl (C=O) groups is 1. The van der Waals surface area contributed by atoms with Crippen LogP contribution in [0.1, 0.15) is 32.2 Å². The van der Waals surface area contributed by atoms with E-state index in [9.17, 15) is 4.79 Å². The summed E-state index contributed by atoms with van der Waals surface area (Å²) in [7, 11) is 0. The molecular formula is C21H23N5O2. The van der Waals surface area contributed by atoms with E-state index in [0.717, 1.165) is 28.0 Å². The molecule has 2 fully saturated rings. The minimum Gasteiger partial charge on any atom is -0.488 e. The largest absolute Gasteiger partial charge is 0.488 e. The minimum absolute atomic E-state index is 0.0891. The smallest absolute Gasteiger partial charge is 0.220 e. The van der Waals surface area contributed by atoms with Crippen LogP contribution in [0.4, 0.5) is 5.82 Å². The van der Waals surface area contributed by atoms with Gasteiger partial charge in [-0.3, -0.25) is 4.79 Å². The lowest BCUT2D eigenvalue weighted by Gasteiger charge is -2.21. The van der Waals surface area contributed by atoms with E-state index in [0.29, 0.717) is 24.8 Å². The van der Waals surface area contributed by atoms with Gasteiger partial charge >= 0.3 is 0 Å². The molecule has 0 radical (unpaired) electrons. The van der Waals surface area contributed by atoms with Crippen LogP contribution in [0, 0.1) is 5.92 Å². The van der Waals surface area contributed by atoms with Crippen LogP contribution in [0.25, 0.3) is 22.3 Å². The Balaban J connectivity index is 1.57. The molecule has 1 amide bonds. The summed E-state index contributed by atoms with van der Waals surface area (Å²) in [6.45, 7) is 2.68. The predicted octanol–water partition coefficient (Wildman–Crippen LogP) is 2.92. The summed E-state index contributed by atoms with van der Waals surface area (Å²) in [6.07, 6.45) is 4.65. The van der Waals surface area contributed by atoms with Crippen LogP contribution in [0.2, 0.25) is 0 Å². The third-order valence-electron chi connectivity index (χ3n) is 5.63. The highest BCUT2D eigenvalue weighted by Crippen LogP contribution is 2.41. The number of benzene rings is 1. The monoisotopic (exact) mass is 377 g/mol. The molecule has 1 saturated heterocycles. The average Bonchev–Trinajstić information content (AvgIpc) is 3.28. The molecule has 1 aromatic carbocycles. The van der Waals surface area contributed by atoms with E-state index in [1.165, 1.54) is 12.8 Å². The number of nitrogen functional groups attached to an aromatic ring is 1. The molecule has 1 saturated carbocycles. The van der Waals surface area contributed by atoms with Crippen molar-refractivity contribution in [2.75, 3.05) is 12.3 Å². The van der Waals surface area contributed by atoms with Gasteiger partial charge in [-0.2, -0.15) is 0 Å². The number of nitrogens with zero attached hydrogens (tertiary/aromatic N) is 3. The first-order valence-electron chi connectivity index (χ1n) is 9.75. The lowest BCUT2D eigenvalue weighted by atomic mass is 10.0. The van der Waals surface area contributed by atoms with Gasteiger partial charge in [-0.15, -0.1) is 0 Å². The van der Waals surface area contributed by atoms with Crippen LogP contribution in [-0.4, -0.2) is 33.1 Å². The van der Waals surface area contributed by atoms with Crippen LogP contribution in [0.15, 0.2) is 36.7 Å². The summed E-state index contributed by atoms with van der Waals surface area (Å²) in [6, 6.07) is 10.1. The molecule has 144 valence electrons. The quantitative estimate of drug-likeness (QED) is 0.713. The minimum atomic E-state index is -0.0891. The Morgan fingerprint density at radius 1 is 1.32 bits per heavy atom. The third-order valence-corrected chi connectivity index (χ3v) is 5.63. The fourth-order valence-electron chi connectivity index (χ4n) is 3.87. The zero-order chi connectivity index (χ0) is 19.3. The number of rotatable bonds is 5. The Kier molecular flexibility index (Phi) is 3.96. The number of ether oxygens (including phenoxy) is 1. The standard InChI is InChI=1S/C21H23N5O2/c1-12(14-9-20(27)23-10-14)28-18-8-13(16-3-2-4-19(22)25-16)7-17-21(18)26(11-24-17)15-5-6-15/h2-4,7-8,11-12,14-15H,5-6,9-10H2,1H3,(H2,22,25)(H,23,27)/t12?,14-/m1/s1. The highest BCUT2D eigenvalue weighted by molar-refractivity contribution is 5.88. The maximum atomic E-state index is 11.6. The van der Waals surface area contributed by atoms with Gasteiger partial charge in [0.25, 0.3) is 0 Å². The number of pyridine rings is 1. The van der Waals surface area contributed by atoms with Crippen LogP contribution in [0.5, 0.6) is 5.75 Å². The van der Waals surface area contributed by atoms with Crippen molar-refractivity contribution >= 4 is 22.8 Å². The first-order valence-corrected chi connectivity index (χ1v) is 9.75. The molecule has 3 aromatic rings. The van der Waals surface area contributed by atoms with Crippen molar-refractivity contribution in [1.82, 2.24) is 19.9 Å². The molecule has 0 spiro atoms. The summed E-state index contributed by atoms with van der Waals surface area (Å²) in [5.41, 5.74) is 9.48.